The summed E-state index contributed by atoms with van der Waals surface area (Å²) in [7, 11) is 3.47. The third-order valence-electron chi connectivity index (χ3n) is 5.07. The van der Waals surface area contributed by atoms with Crippen LogP contribution in [0.3, 0.4) is 0 Å². The third-order valence-corrected chi connectivity index (χ3v) is 6.08. The van der Waals surface area contributed by atoms with Gasteiger partial charge in [0.15, 0.2) is 5.13 Å². The molecule has 0 spiro atoms. The fraction of sp³-hybridized carbons (Fsp3) is 0.500. The van der Waals surface area contributed by atoms with Gasteiger partial charge in [0.1, 0.15) is 0 Å². The molecule has 2 rings (SSSR count). The Balaban J connectivity index is 2.07. The van der Waals surface area contributed by atoms with E-state index in [0.29, 0.717) is 36.8 Å². The highest BCUT2D eigenvalue weighted by atomic mass is 32.1. The Labute approximate surface area is 205 Å². The van der Waals surface area contributed by atoms with Crippen LogP contribution in [0.25, 0.3) is 0 Å². The van der Waals surface area contributed by atoms with E-state index in [4.69, 9.17) is 0 Å². The molecule has 0 aliphatic rings. The minimum atomic E-state index is -0.988. The van der Waals surface area contributed by atoms with Crippen molar-refractivity contribution in [3.63, 3.8) is 0 Å². The lowest BCUT2D eigenvalue weighted by Crippen LogP contribution is -2.45. The van der Waals surface area contributed by atoms with Gasteiger partial charge in [-0.1, -0.05) is 12.1 Å². The Morgan fingerprint density at radius 3 is 2.26 bits per heavy atom. The molecule has 34 heavy (non-hydrogen) atoms. The van der Waals surface area contributed by atoms with Gasteiger partial charge in [-0.3, -0.25) is 14.5 Å². The molecule has 0 aliphatic carbocycles. The van der Waals surface area contributed by atoms with Crippen LogP contribution < -0.4 is 15.5 Å². The number of amides is 3. The molecule has 1 aromatic heterocycles. The van der Waals surface area contributed by atoms with Crippen molar-refractivity contribution >= 4 is 40.1 Å². The van der Waals surface area contributed by atoms with Crippen molar-refractivity contribution < 1.29 is 19.5 Å². The molecule has 0 fully saturated rings. The second-order valence-electron chi connectivity index (χ2n) is 9.24. The lowest BCUT2D eigenvalue weighted by atomic mass is 10.0. The van der Waals surface area contributed by atoms with E-state index in [1.807, 2.05) is 45.0 Å². The monoisotopic (exact) mass is 489 g/mol. The Kier molecular flexibility index (Phi) is 9.57. The van der Waals surface area contributed by atoms with E-state index in [1.165, 1.54) is 23.2 Å². The summed E-state index contributed by atoms with van der Waals surface area (Å²) in [4.78, 5) is 43.5. The predicted octanol–water partition coefficient (Wildman–Crippen LogP) is 3.74. The predicted molar refractivity (Wildman–Crippen MR) is 136 cm³/mol. The van der Waals surface area contributed by atoms with Gasteiger partial charge in [0.25, 0.3) is 0 Å². The summed E-state index contributed by atoms with van der Waals surface area (Å²) in [5, 5.41) is 16.2. The molecule has 0 aliphatic heterocycles. The highest BCUT2D eigenvalue weighted by Gasteiger charge is 2.27. The lowest BCUT2D eigenvalue weighted by Gasteiger charge is -2.33. The number of rotatable bonds is 10. The van der Waals surface area contributed by atoms with Crippen LogP contribution in [0.1, 0.15) is 50.3 Å². The van der Waals surface area contributed by atoms with Crippen molar-refractivity contribution in [2.75, 3.05) is 30.9 Å². The van der Waals surface area contributed by atoms with E-state index in [-0.39, 0.29) is 11.8 Å². The standard InChI is InChI=1S/C24H35N5O4S/c1-16(30)26-22-27-19(20(34-22)15-25-14-13-21(31)28(5)6)12-9-17-7-10-18(11-8-17)29(23(32)33)24(2,3)4/h7-8,10-11,25H,9,12-15H2,1-6H3,(H,32,33)(H,26,27,30). The fourth-order valence-electron chi connectivity index (χ4n) is 3.40. The van der Waals surface area contributed by atoms with Crippen LogP contribution in [0.4, 0.5) is 15.6 Å². The van der Waals surface area contributed by atoms with Crippen LogP contribution in [-0.4, -0.2) is 59.1 Å². The molecular weight excluding hydrogens is 454 g/mol. The number of anilines is 2. The second kappa shape index (κ2) is 11.9. The molecule has 0 bridgehead atoms. The minimum absolute atomic E-state index is 0.0623. The van der Waals surface area contributed by atoms with E-state index in [2.05, 4.69) is 15.6 Å². The van der Waals surface area contributed by atoms with Gasteiger partial charge in [0.05, 0.1) is 5.69 Å². The number of nitrogens with zero attached hydrogens (tertiary/aromatic N) is 3. The minimum Gasteiger partial charge on any atom is -0.465 e. The highest BCUT2D eigenvalue weighted by molar-refractivity contribution is 7.15. The number of carboxylic acid groups (broad SMARTS) is 1. The van der Waals surface area contributed by atoms with Crippen molar-refractivity contribution in [1.29, 1.82) is 0 Å². The molecule has 3 N–H and O–H groups in total. The van der Waals surface area contributed by atoms with E-state index in [9.17, 15) is 19.5 Å². The molecule has 3 amide bonds. The topological polar surface area (TPSA) is 115 Å². The number of benzene rings is 1. The molecular formula is C24H35N5O4S. The molecule has 10 heteroatoms. The first-order chi connectivity index (χ1) is 15.9. The maximum Gasteiger partial charge on any atom is 0.412 e. The average Bonchev–Trinajstić information content (AvgIpc) is 3.09. The number of nitrogens with one attached hydrogen (secondary N) is 2. The second-order valence-corrected chi connectivity index (χ2v) is 10.3. The highest BCUT2D eigenvalue weighted by Crippen LogP contribution is 2.27. The smallest absolute Gasteiger partial charge is 0.412 e. The van der Waals surface area contributed by atoms with Crippen molar-refractivity contribution in [1.82, 2.24) is 15.2 Å². The van der Waals surface area contributed by atoms with Gasteiger partial charge in [-0.05, 0) is 51.3 Å². The van der Waals surface area contributed by atoms with Gasteiger partial charge >= 0.3 is 6.09 Å². The molecule has 2 aromatic rings. The zero-order valence-corrected chi connectivity index (χ0v) is 21.6. The van der Waals surface area contributed by atoms with Crippen LogP contribution in [-0.2, 0) is 29.0 Å². The van der Waals surface area contributed by atoms with Crippen LogP contribution >= 0.6 is 11.3 Å². The normalized spacial score (nSPS) is 11.2. The van der Waals surface area contributed by atoms with Crippen LogP contribution in [0.2, 0.25) is 0 Å². The summed E-state index contributed by atoms with van der Waals surface area (Å²) in [5.74, 6) is -0.110. The van der Waals surface area contributed by atoms with Crippen LogP contribution in [0.5, 0.6) is 0 Å². The number of aromatic nitrogens is 1. The van der Waals surface area contributed by atoms with Gasteiger partial charge in [0.2, 0.25) is 11.8 Å². The molecule has 0 unspecified atom stereocenters. The van der Waals surface area contributed by atoms with E-state index in [1.54, 1.807) is 19.0 Å². The summed E-state index contributed by atoms with van der Waals surface area (Å²) >= 11 is 1.43. The van der Waals surface area contributed by atoms with Gasteiger partial charge in [-0.25, -0.2) is 9.78 Å². The zero-order chi connectivity index (χ0) is 25.5. The Hall–Kier alpha value is -2.98. The maximum atomic E-state index is 11.8. The number of thiazole rings is 1. The Morgan fingerprint density at radius 1 is 1.09 bits per heavy atom. The molecule has 0 saturated heterocycles. The molecule has 9 nitrogen and oxygen atoms in total. The molecule has 0 saturated carbocycles. The Bertz CT molecular complexity index is 996. The van der Waals surface area contributed by atoms with Gasteiger partial charge < -0.3 is 20.6 Å². The van der Waals surface area contributed by atoms with E-state index < -0.39 is 11.6 Å². The van der Waals surface area contributed by atoms with Crippen molar-refractivity contribution in [2.45, 2.75) is 59.0 Å². The summed E-state index contributed by atoms with van der Waals surface area (Å²) < 4.78 is 0. The maximum absolute atomic E-state index is 11.8. The third kappa shape index (κ3) is 8.11. The summed E-state index contributed by atoms with van der Waals surface area (Å²) in [6.45, 7) is 8.14. The van der Waals surface area contributed by atoms with E-state index >= 15 is 0 Å². The average molecular weight is 490 g/mol. The molecule has 0 atom stereocenters. The zero-order valence-electron chi connectivity index (χ0n) is 20.8. The first-order valence-electron chi connectivity index (χ1n) is 11.2. The van der Waals surface area contributed by atoms with Gasteiger partial charge in [-0.2, -0.15) is 0 Å². The Morgan fingerprint density at radius 2 is 1.74 bits per heavy atom. The van der Waals surface area contributed by atoms with Crippen LogP contribution in [0.15, 0.2) is 24.3 Å². The first kappa shape index (κ1) is 27.3. The summed E-state index contributed by atoms with van der Waals surface area (Å²) in [5.41, 5.74) is 2.04. The van der Waals surface area contributed by atoms with Gasteiger partial charge in [0, 0.05) is 56.6 Å². The number of carbonyl (C=O) groups is 3. The molecule has 186 valence electrons. The van der Waals surface area contributed by atoms with Gasteiger partial charge in [-0.15, -0.1) is 11.3 Å². The first-order valence-corrected chi connectivity index (χ1v) is 12.0. The van der Waals surface area contributed by atoms with Crippen molar-refractivity contribution in [3.05, 3.63) is 40.4 Å². The van der Waals surface area contributed by atoms with Crippen molar-refractivity contribution in [3.8, 4) is 0 Å². The van der Waals surface area contributed by atoms with Crippen molar-refractivity contribution in [2.24, 2.45) is 0 Å². The fourth-order valence-corrected chi connectivity index (χ4v) is 4.42. The largest absolute Gasteiger partial charge is 0.465 e. The SMILES string of the molecule is CC(=O)Nc1nc(CCc2ccc(N(C(=O)O)C(C)(C)C)cc2)c(CNCCC(=O)N(C)C)s1. The van der Waals surface area contributed by atoms with E-state index in [0.717, 1.165) is 22.6 Å². The summed E-state index contributed by atoms with van der Waals surface area (Å²) in [6, 6.07) is 7.51. The summed E-state index contributed by atoms with van der Waals surface area (Å²) in [6.07, 6.45) is 0.814. The number of hydrogen-bond donors (Lipinski definition) is 3. The number of hydrogen-bond acceptors (Lipinski definition) is 6. The number of aryl methyl sites for hydroxylation is 2. The molecule has 1 heterocycles. The molecule has 1 aromatic carbocycles. The lowest BCUT2D eigenvalue weighted by molar-refractivity contribution is -0.128. The number of carbonyl (C=O) groups excluding carboxylic acids is 2. The quantitative estimate of drug-likeness (QED) is 0.438. The molecule has 0 radical (unpaired) electrons. The van der Waals surface area contributed by atoms with Crippen LogP contribution in [0, 0.1) is 0 Å².